The Morgan fingerprint density at radius 1 is 1.62 bits per heavy atom. The molecular formula is C6H10N2. The Morgan fingerprint density at radius 3 is 2.75 bits per heavy atom. The molecule has 1 N–H and O–H groups in total. The van der Waals surface area contributed by atoms with Crippen LogP contribution in [0.2, 0.25) is 0 Å². The number of nitrogens with zero attached hydrogens (tertiary/aromatic N) is 1. The molecule has 0 fully saturated rings. The summed E-state index contributed by atoms with van der Waals surface area (Å²) in [5.74, 6) is 0. The summed E-state index contributed by atoms with van der Waals surface area (Å²) in [4.78, 5) is 0. The van der Waals surface area contributed by atoms with Crippen molar-refractivity contribution in [2.24, 2.45) is 5.10 Å². The first-order valence-corrected chi connectivity index (χ1v) is 2.73. The van der Waals surface area contributed by atoms with Gasteiger partial charge in [-0.2, -0.15) is 5.10 Å². The number of hydrogen-bond acceptors (Lipinski definition) is 2. The molecule has 0 bridgehead atoms. The van der Waals surface area contributed by atoms with E-state index in [-0.39, 0.29) is 0 Å². The highest BCUT2D eigenvalue weighted by atomic mass is 15.3. The van der Waals surface area contributed by atoms with Crippen LogP contribution in [0.3, 0.4) is 0 Å². The van der Waals surface area contributed by atoms with E-state index in [1.54, 1.807) is 0 Å². The van der Waals surface area contributed by atoms with Gasteiger partial charge in [-0.15, -0.1) is 0 Å². The van der Waals surface area contributed by atoms with Crippen molar-refractivity contribution in [1.29, 1.82) is 0 Å². The van der Waals surface area contributed by atoms with Crippen molar-refractivity contribution in [3.05, 3.63) is 11.8 Å². The number of allylic oxidation sites excluding steroid dienone is 1. The minimum Gasteiger partial charge on any atom is -0.286 e. The summed E-state index contributed by atoms with van der Waals surface area (Å²) in [6, 6.07) is 0. The van der Waals surface area contributed by atoms with Crippen molar-refractivity contribution in [3.63, 3.8) is 0 Å². The molecule has 0 aromatic rings. The first-order chi connectivity index (χ1) is 3.79. The molecule has 0 amide bonds. The molecule has 8 heavy (non-hydrogen) atoms. The summed E-state index contributed by atoms with van der Waals surface area (Å²) in [5, 5.41) is 3.97. The molecule has 1 rings (SSSR count). The van der Waals surface area contributed by atoms with Crippen LogP contribution in [-0.2, 0) is 0 Å². The number of hydrazone groups is 1. The largest absolute Gasteiger partial charge is 0.286 e. The van der Waals surface area contributed by atoms with Crippen molar-refractivity contribution in [1.82, 2.24) is 5.43 Å². The summed E-state index contributed by atoms with van der Waals surface area (Å²) in [6.07, 6.45) is 2.94. The highest BCUT2D eigenvalue weighted by Crippen LogP contribution is 2.02. The number of nitrogens with one attached hydrogen (secondary N) is 1. The molecule has 1 heterocycles. The first kappa shape index (κ1) is 5.35. The van der Waals surface area contributed by atoms with Gasteiger partial charge < -0.3 is 0 Å². The normalized spacial score (nSPS) is 18.8. The van der Waals surface area contributed by atoms with Crippen LogP contribution in [0.15, 0.2) is 16.9 Å². The van der Waals surface area contributed by atoms with Crippen molar-refractivity contribution in [3.8, 4) is 0 Å². The third-order valence-electron chi connectivity index (χ3n) is 1.10. The highest BCUT2D eigenvalue weighted by molar-refractivity contribution is 5.84. The lowest BCUT2D eigenvalue weighted by Crippen LogP contribution is -2.08. The maximum atomic E-state index is 3.97. The molecule has 1 aliphatic heterocycles. The van der Waals surface area contributed by atoms with Gasteiger partial charge in [0.2, 0.25) is 0 Å². The van der Waals surface area contributed by atoms with Crippen molar-refractivity contribution in [2.75, 3.05) is 0 Å². The topological polar surface area (TPSA) is 24.4 Å². The fourth-order valence-corrected chi connectivity index (χ4v) is 0.747. The minimum atomic E-state index is 1.02. The Balaban J connectivity index is 2.57. The molecule has 0 saturated carbocycles. The van der Waals surface area contributed by atoms with Gasteiger partial charge in [0.25, 0.3) is 0 Å². The maximum Gasteiger partial charge on any atom is 0.0392 e. The molecule has 0 radical (unpaired) electrons. The lowest BCUT2D eigenvalue weighted by Gasteiger charge is -2.06. The van der Waals surface area contributed by atoms with E-state index in [4.69, 9.17) is 0 Å². The molecular weight excluding hydrogens is 100 g/mol. The van der Waals surface area contributed by atoms with Crippen LogP contribution in [0.1, 0.15) is 20.3 Å². The highest BCUT2D eigenvalue weighted by Gasteiger charge is 1.96. The Bertz CT molecular complexity index is 129. The zero-order valence-electron chi connectivity index (χ0n) is 5.23. The van der Waals surface area contributed by atoms with Crippen molar-refractivity contribution in [2.45, 2.75) is 20.3 Å². The summed E-state index contributed by atoms with van der Waals surface area (Å²) < 4.78 is 0. The Hall–Kier alpha value is -0.790. The van der Waals surface area contributed by atoms with Crippen LogP contribution < -0.4 is 5.43 Å². The van der Waals surface area contributed by atoms with Crippen LogP contribution in [0.4, 0.5) is 0 Å². The molecule has 0 saturated heterocycles. The lowest BCUT2D eigenvalue weighted by molar-refractivity contribution is 0.904. The average molecular weight is 110 g/mol. The number of rotatable bonds is 0. The van der Waals surface area contributed by atoms with Gasteiger partial charge in [0.1, 0.15) is 0 Å². The van der Waals surface area contributed by atoms with Crippen molar-refractivity contribution >= 4 is 5.71 Å². The Morgan fingerprint density at radius 2 is 2.38 bits per heavy atom. The third-order valence-corrected chi connectivity index (χ3v) is 1.10. The van der Waals surface area contributed by atoms with Crippen molar-refractivity contribution < 1.29 is 0 Å². The SMILES string of the molecule is CC1=CNN=C(C)C1. The standard InChI is InChI=1S/C6H10N2/c1-5-3-6(2)8-7-4-5/h4,7H,3H2,1-2H3. The van der Waals surface area contributed by atoms with E-state index in [1.165, 1.54) is 5.57 Å². The average Bonchev–Trinajstić information content (AvgIpc) is 1.64. The monoisotopic (exact) mass is 110 g/mol. The van der Waals surface area contributed by atoms with E-state index >= 15 is 0 Å². The van der Waals surface area contributed by atoms with E-state index in [2.05, 4.69) is 17.5 Å². The zero-order chi connectivity index (χ0) is 5.98. The van der Waals surface area contributed by atoms with E-state index in [0.717, 1.165) is 12.1 Å². The van der Waals surface area contributed by atoms with E-state index < -0.39 is 0 Å². The fourth-order valence-electron chi connectivity index (χ4n) is 0.747. The molecule has 2 nitrogen and oxygen atoms in total. The van der Waals surface area contributed by atoms with Crippen LogP contribution in [0.25, 0.3) is 0 Å². The summed E-state index contributed by atoms with van der Waals surface area (Å²) in [6.45, 7) is 4.11. The van der Waals surface area contributed by atoms with Crippen LogP contribution in [0, 0.1) is 0 Å². The van der Waals surface area contributed by atoms with Gasteiger partial charge in [0.05, 0.1) is 0 Å². The molecule has 0 aromatic carbocycles. The van der Waals surface area contributed by atoms with Gasteiger partial charge in [0, 0.05) is 18.3 Å². The Labute approximate surface area is 49.3 Å². The van der Waals surface area contributed by atoms with Crippen LogP contribution >= 0.6 is 0 Å². The Kier molecular flexibility index (Phi) is 1.33. The lowest BCUT2D eigenvalue weighted by atomic mass is 10.1. The predicted octanol–water partition coefficient (Wildman–Crippen LogP) is 1.26. The maximum absolute atomic E-state index is 3.97. The summed E-state index contributed by atoms with van der Waals surface area (Å²) in [5.41, 5.74) is 5.31. The summed E-state index contributed by atoms with van der Waals surface area (Å²) in [7, 11) is 0. The van der Waals surface area contributed by atoms with Crippen LogP contribution in [0.5, 0.6) is 0 Å². The molecule has 2 heteroatoms. The molecule has 1 aliphatic rings. The molecule has 0 atom stereocenters. The quantitative estimate of drug-likeness (QED) is 0.498. The van der Waals surface area contributed by atoms with Gasteiger partial charge in [0.15, 0.2) is 0 Å². The molecule has 44 valence electrons. The summed E-state index contributed by atoms with van der Waals surface area (Å²) >= 11 is 0. The predicted molar refractivity (Wildman–Crippen MR) is 34.6 cm³/mol. The van der Waals surface area contributed by atoms with Gasteiger partial charge in [-0.25, -0.2) is 0 Å². The second-order valence-corrected chi connectivity index (χ2v) is 2.14. The minimum absolute atomic E-state index is 1.02. The van der Waals surface area contributed by atoms with Gasteiger partial charge in [-0.3, -0.25) is 5.43 Å². The second kappa shape index (κ2) is 1.99. The van der Waals surface area contributed by atoms with Gasteiger partial charge >= 0.3 is 0 Å². The first-order valence-electron chi connectivity index (χ1n) is 2.73. The molecule has 0 unspecified atom stereocenters. The smallest absolute Gasteiger partial charge is 0.0392 e. The van der Waals surface area contributed by atoms with Gasteiger partial charge in [-0.05, 0) is 19.4 Å². The molecule has 0 aliphatic carbocycles. The molecule has 0 aromatic heterocycles. The second-order valence-electron chi connectivity index (χ2n) is 2.14. The fraction of sp³-hybridized carbons (Fsp3) is 0.500. The molecule has 0 spiro atoms. The van der Waals surface area contributed by atoms with Crippen LogP contribution in [-0.4, -0.2) is 5.71 Å². The van der Waals surface area contributed by atoms with E-state index in [9.17, 15) is 0 Å². The zero-order valence-corrected chi connectivity index (χ0v) is 5.23. The number of hydrogen-bond donors (Lipinski definition) is 1. The van der Waals surface area contributed by atoms with E-state index in [1.807, 2.05) is 13.1 Å². The van der Waals surface area contributed by atoms with Gasteiger partial charge in [-0.1, -0.05) is 0 Å². The van der Waals surface area contributed by atoms with E-state index in [0.29, 0.717) is 0 Å². The third kappa shape index (κ3) is 1.09.